The second-order valence-corrected chi connectivity index (χ2v) is 7.40. The molecule has 0 rings (SSSR count). The zero-order valence-electron chi connectivity index (χ0n) is 16.2. The molecule has 2 nitrogen and oxygen atoms in total. The normalized spacial score (nSPS) is 11.1. The Morgan fingerprint density at radius 2 is 1.22 bits per heavy atom. The molecular weight excluding hydrogens is 284 g/mol. The minimum atomic E-state index is -0.00378. The number of carbonyl (C=O) groups is 1. The van der Waals surface area contributed by atoms with Crippen molar-refractivity contribution >= 4 is 5.97 Å². The van der Waals surface area contributed by atoms with Gasteiger partial charge in [0.1, 0.15) is 0 Å². The fraction of sp³-hybridized carbons (Fsp3) is 0.952. The number of hydrogen-bond donors (Lipinski definition) is 0. The first-order valence-corrected chi connectivity index (χ1v) is 10.3. The van der Waals surface area contributed by atoms with E-state index in [1.165, 1.54) is 70.6 Å². The van der Waals surface area contributed by atoms with E-state index in [1.54, 1.807) is 0 Å². The highest BCUT2D eigenvalue weighted by Crippen LogP contribution is 2.14. The van der Waals surface area contributed by atoms with Gasteiger partial charge in [-0.05, 0) is 18.8 Å². The van der Waals surface area contributed by atoms with Crippen molar-refractivity contribution in [2.75, 3.05) is 6.61 Å². The average Bonchev–Trinajstić information content (AvgIpc) is 2.51. The van der Waals surface area contributed by atoms with Crippen LogP contribution in [0.25, 0.3) is 0 Å². The van der Waals surface area contributed by atoms with Crippen molar-refractivity contribution in [3.05, 3.63) is 0 Å². The molecule has 0 aromatic heterocycles. The number of unbranched alkanes of at least 4 members (excludes halogenated alkanes) is 11. The van der Waals surface area contributed by atoms with Crippen LogP contribution < -0.4 is 0 Å². The van der Waals surface area contributed by atoms with Crippen LogP contribution in [0, 0.1) is 5.92 Å². The molecule has 0 aliphatic heterocycles. The molecule has 0 spiro atoms. The SMILES string of the molecule is CCCCOC(=O)CCCCCCCCCCCCCC(C)C. The maximum atomic E-state index is 11.4. The van der Waals surface area contributed by atoms with Crippen LogP contribution in [0.2, 0.25) is 0 Å². The number of hydrogen-bond acceptors (Lipinski definition) is 2. The zero-order valence-corrected chi connectivity index (χ0v) is 16.2. The molecule has 0 aromatic carbocycles. The monoisotopic (exact) mass is 326 g/mol. The van der Waals surface area contributed by atoms with Crippen LogP contribution in [-0.2, 0) is 9.53 Å². The van der Waals surface area contributed by atoms with Crippen LogP contribution in [0.5, 0.6) is 0 Å². The smallest absolute Gasteiger partial charge is 0.305 e. The topological polar surface area (TPSA) is 26.3 Å². The molecule has 138 valence electrons. The fourth-order valence-corrected chi connectivity index (χ4v) is 2.82. The Hall–Kier alpha value is -0.530. The summed E-state index contributed by atoms with van der Waals surface area (Å²) >= 11 is 0. The molecule has 0 saturated heterocycles. The van der Waals surface area contributed by atoms with Gasteiger partial charge in [0.25, 0.3) is 0 Å². The van der Waals surface area contributed by atoms with Gasteiger partial charge in [-0.3, -0.25) is 4.79 Å². The molecule has 0 saturated carbocycles. The lowest BCUT2D eigenvalue weighted by Crippen LogP contribution is -2.05. The van der Waals surface area contributed by atoms with E-state index in [0.29, 0.717) is 13.0 Å². The Balaban J connectivity index is 3.09. The Kier molecular flexibility index (Phi) is 17.4. The van der Waals surface area contributed by atoms with Crippen LogP contribution in [0.3, 0.4) is 0 Å². The van der Waals surface area contributed by atoms with Crippen LogP contribution in [0.1, 0.15) is 117 Å². The van der Waals surface area contributed by atoms with Gasteiger partial charge in [-0.2, -0.15) is 0 Å². The molecule has 0 bridgehead atoms. The van der Waals surface area contributed by atoms with E-state index in [9.17, 15) is 4.79 Å². The molecule has 0 radical (unpaired) electrons. The number of ether oxygens (including phenoxy) is 1. The molecular formula is C21H42O2. The van der Waals surface area contributed by atoms with Gasteiger partial charge in [0.15, 0.2) is 0 Å². The summed E-state index contributed by atoms with van der Waals surface area (Å²) in [5.74, 6) is 0.865. The zero-order chi connectivity index (χ0) is 17.2. The molecule has 0 amide bonds. The lowest BCUT2D eigenvalue weighted by molar-refractivity contribution is -0.143. The summed E-state index contributed by atoms with van der Waals surface area (Å²) in [6.07, 6.45) is 18.7. The third kappa shape index (κ3) is 19.4. The van der Waals surface area contributed by atoms with Crippen LogP contribution >= 0.6 is 0 Å². The van der Waals surface area contributed by atoms with E-state index in [4.69, 9.17) is 4.74 Å². The summed E-state index contributed by atoms with van der Waals surface area (Å²) in [6.45, 7) is 7.35. The second kappa shape index (κ2) is 17.8. The Labute approximate surface area is 145 Å². The molecule has 0 heterocycles. The van der Waals surface area contributed by atoms with Gasteiger partial charge in [0.05, 0.1) is 6.61 Å². The number of esters is 1. The number of rotatable bonds is 17. The minimum Gasteiger partial charge on any atom is -0.466 e. The molecule has 2 heteroatoms. The predicted molar refractivity (Wildman–Crippen MR) is 101 cm³/mol. The van der Waals surface area contributed by atoms with Crippen LogP contribution in [0.15, 0.2) is 0 Å². The van der Waals surface area contributed by atoms with E-state index >= 15 is 0 Å². The fourth-order valence-electron chi connectivity index (χ4n) is 2.82. The van der Waals surface area contributed by atoms with Crippen molar-refractivity contribution in [3.8, 4) is 0 Å². The quantitative estimate of drug-likeness (QED) is 0.211. The molecule has 0 N–H and O–H groups in total. The third-order valence-corrected chi connectivity index (χ3v) is 4.42. The highest BCUT2D eigenvalue weighted by molar-refractivity contribution is 5.69. The van der Waals surface area contributed by atoms with E-state index in [0.717, 1.165) is 25.2 Å². The van der Waals surface area contributed by atoms with Crippen molar-refractivity contribution in [2.24, 2.45) is 5.92 Å². The Morgan fingerprint density at radius 1 is 0.739 bits per heavy atom. The third-order valence-electron chi connectivity index (χ3n) is 4.42. The Bertz CT molecular complexity index is 248. The van der Waals surface area contributed by atoms with Gasteiger partial charge in [0, 0.05) is 6.42 Å². The largest absolute Gasteiger partial charge is 0.466 e. The standard InChI is InChI=1S/C21H42O2/c1-4-5-19-23-21(22)18-16-14-12-10-8-6-7-9-11-13-15-17-20(2)3/h20H,4-19H2,1-3H3. The average molecular weight is 327 g/mol. The highest BCUT2D eigenvalue weighted by atomic mass is 16.5. The molecule has 0 aliphatic rings. The molecule has 0 atom stereocenters. The molecule has 0 aromatic rings. The summed E-state index contributed by atoms with van der Waals surface area (Å²) in [4.78, 5) is 11.4. The van der Waals surface area contributed by atoms with Crippen molar-refractivity contribution in [2.45, 2.75) is 117 Å². The molecule has 0 fully saturated rings. The van der Waals surface area contributed by atoms with Crippen LogP contribution in [-0.4, -0.2) is 12.6 Å². The minimum absolute atomic E-state index is 0.00378. The first kappa shape index (κ1) is 22.5. The van der Waals surface area contributed by atoms with Gasteiger partial charge < -0.3 is 4.74 Å². The maximum absolute atomic E-state index is 11.4. The maximum Gasteiger partial charge on any atom is 0.305 e. The van der Waals surface area contributed by atoms with Crippen molar-refractivity contribution in [1.29, 1.82) is 0 Å². The molecule has 0 unspecified atom stereocenters. The number of carbonyl (C=O) groups excluding carboxylic acids is 1. The summed E-state index contributed by atoms with van der Waals surface area (Å²) in [5, 5.41) is 0. The summed E-state index contributed by atoms with van der Waals surface area (Å²) in [6, 6.07) is 0. The lowest BCUT2D eigenvalue weighted by Gasteiger charge is -2.05. The molecule has 0 aliphatic carbocycles. The summed E-state index contributed by atoms with van der Waals surface area (Å²) < 4.78 is 5.16. The first-order chi connectivity index (χ1) is 11.2. The summed E-state index contributed by atoms with van der Waals surface area (Å²) in [5.41, 5.74) is 0. The second-order valence-electron chi connectivity index (χ2n) is 7.40. The predicted octanol–water partition coefficient (Wildman–Crippen LogP) is 7.06. The van der Waals surface area contributed by atoms with Crippen LogP contribution in [0.4, 0.5) is 0 Å². The van der Waals surface area contributed by atoms with E-state index in [-0.39, 0.29) is 5.97 Å². The van der Waals surface area contributed by atoms with Gasteiger partial charge in [-0.15, -0.1) is 0 Å². The summed E-state index contributed by atoms with van der Waals surface area (Å²) in [7, 11) is 0. The van der Waals surface area contributed by atoms with E-state index < -0.39 is 0 Å². The van der Waals surface area contributed by atoms with Crippen molar-refractivity contribution in [1.82, 2.24) is 0 Å². The lowest BCUT2D eigenvalue weighted by atomic mass is 10.0. The van der Waals surface area contributed by atoms with Crippen molar-refractivity contribution < 1.29 is 9.53 Å². The van der Waals surface area contributed by atoms with Crippen molar-refractivity contribution in [3.63, 3.8) is 0 Å². The molecule has 23 heavy (non-hydrogen) atoms. The highest BCUT2D eigenvalue weighted by Gasteiger charge is 2.01. The van der Waals surface area contributed by atoms with Gasteiger partial charge in [0.2, 0.25) is 0 Å². The Morgan fingerprint density at radius 3 is 1.70 bits per heavy atom. The van der Waals surface area contributed by atoms with Gasteiger partial charge in [-0.1, -0.05) is 97.8 Å². The first-order valence-electron chi connectivity index (χ1n) is 10.3. The van der Waals surface area contributed by atoms with E-state index in [1.807, 2.05) is 0 Å². The van der Waals surface area contributed by atoms with Gasteiger partial charge in [-0.25, -0.2) is 0 Å². The van der Waals surface area contributed by atoms with E-state index in [2.05, 4.69) is 20.8 Å². The van der Waals surface area contributed by atoms with Gasteiger partial charge >= 0.3 is 5.97 Å².